The molecule has 136 valence electrons. The molecule has 1 aromatic heterocycles. The van der Waals surface area contributed by atoms with Crippen molar-refractivity contribution in [2.24, 2.45) is 0 Å². The lowest BCUT2D eigenvalue weighted by Gasteiger charge is -2.15. The van der Waals surface area contributed by atoms with E-state index in [9.17, 15) is 10.1 Å². The van der Waals surface area contributed by atoms with Crippen molar-refractivity contribution in [2.75, 3.05) is 11.9 Å². The average Bonchev–Trinajstić information content (AvgIpc) is 2.79. The Morgan fingerprint density at radius 2 is 2.08 bits per heavy atom. The molecule has 4 nitrogen and oxygen atoms in total. The number of nitrogens with zero attached hydrogens (tertiary/aromatic N) is 1. The molecule has 1 amide bonds. The zero-order valence-corrected chi connectivity index (χ0v) is 16.3. The highest BCUT2D eigenvalue weighted by Crippen LogP contribution is 2.36. The van der Waals surface area contributed by atoms with Gasteiger partial charge in [-0.05, 0) is 49.8 Å². The van der Waals surface area contributed by atoms with Gasteiger partial charge in [-0.25, -0.2) is 0 Å². The average molecular weight is 388 g/mol. The number of carbonyl (C=O) groups excluding carboxylic acids is 1. The van der Waals surface area contributed by atoms with Gasteiger partial charge in [-0.2, -0.15) is 5.26 Å². The lowest BCUT2D eigenvalue weighted by atomic mass is 10.1. The number of hydrogen-bond donors (Lipinski definition) is 2. The van der Waals surface area contributed by atoms with Gasteiger partial charge in [0.05, 0.1) is 12.1 Å². The molecule has 1 heterocycles. The summed E-state index contributed by atoms with van der Waals surface area (Å²) in [6.45, 7) is 2.14. The van der Waals surface area contributed by atoms with E-state index in [1.54, 1.807) is 11.3 Å². The molecule has 1 aliphatic rings. The van der Waals surface area contributed by atoms with Crippen LogP contribution in [-0.4, -0.2) is 12.5 Å². The van der Waals surface area contributed by atoms with E-state index in [1.807, 2.05) is 31.2 Å². The van der Waals surface area contributed by atoms with Crippen LogP contribution in [0.5, 0.6) is 0 Å². The summed E-state index contributed by atoms with van der Waals surface area (Å²) >= 11 is 7.76. The standard InChI is InChI=1S/C20H22ClN3OS/c1-13(14-7-5-6-9-17(14)21)23-12-19(25)24-20-16(11-22)15-8-3-2-4-10-18(15)26-20/h5-7,9,13,23H,2-4,8,10,12H2,1H3,(H,24,25). The van der Waals surface area contributed by atoms with E-state index in [0.29, 0.717) is 15.6 Å². The largest absolute Gasteiger partial charge is 0.315 e. The van der Waals surface area contributed by atoms with E-state index >= 15 is 0 Å². The molecule has 2 N–H and O–H groups in total. The Labute approximate surface area is 163 Å². The van der Waals surface area contributed by atoms with Crippen molar-refractivity contribution in [2.45, 2.75) is 45.1 Å². The molecule has 0 spiro atoms. The first-order valence-corrected chi connectivity index (χ1v) is 10.1. The molecule has 0 aliphatic heterocycles. The van der Waals surface area contributed by atoms with Crippen molar-refractivity contribution in [3.05, 3.63) is 50.9 Å². The zero-order chi connectivity index (χ0) is 18.5. The number of aryl methyl sites for hydroxylation is 1. The highest BCUT2D eigenvalue weighted by atomic mass is 35.5. The molecule has 3 rings (SSSR count). The summed E-state index contributed by atoms with van der Waals surface area (Å²) in [6, 6.07) is 9.85. The minimum atomic E-state index is -0.142. The third-order valence-corrected chi connectivity index (χ3v) is 6.28. The smallest absolute Gasteiger partial charge is 0.238 e. The molecule has 26 heavy (non-hydrogen) atoms. The summed E-state index contributed by atoms with van der Waals surface area (Å²) in [4.78, 5) is 13.6. The fraction of sp³-hybridized carbons (Fsp3) is 0.400. The monoisotopic (exact) mass is 387 g/mol. The Balaban J connectivity index is 1.64. The van der Waals surface area contributed by atoms with Gasteiger partial charge in [0.1, 0.15) is 11.1 Å². The Kier molecular flexibility index (Phi) is 6.31. The summed E-state index contributed by atoms with van der Waals surface area (Å²) in [6.07, 6.45) is 5.42. The summed E-state index contributed by atoms with van der Waals surface area (Å²) < 4.78 is 0. The summed E-state index contributed by atoms with van der Waals surface area (Å²) in [7, 11) is 0. The zero-order valence-electron chi connectivity index (χ0n) is 14.8. The topological polar surface area (TPSA) is 64.9 Å². The SMILES string of the molecule is CC(NCC(=O)Nc1sc2c(c1C#N)CCCCC2)c1ccccc1Cl. The van der Waals surface area contributed by atoms with Crippen LogP contribution in [0.1, 0.15) is 53.8 Å². The number of fused-ring (bicyclic) bond motifs is 1. The van der Waals surface area contributed by atoms with Crippen molar-refractivity contribution in [1.82, 2.24) is 5.32 Å². The fourth-order valence-electron chi connectivity index (χ4n) is 3.30. The van der Waals surface area contributed by atoms with Gasteiger partial charge in [0.25, 0.3) is 0 Å². The second-order valence-electron chi connectivity index (χ2n) is 6.55. The van der Waals surface area contributed by atoms with Crippen molar-refractivity contribution in [3.8, 4) is 6.07 Å². The fourth-order valence-corrected chi connectivity index (χ4v) is 4.86. The second kappa shape index (κ2) is 8.68. The number of thiophene rings is 1. The number of nitrogens with one attached hydrogen (secondary N) is 2. The first-order valence-electron chi connectivity index (χ1n) is 8.92. The number of carbonyl (C=O) groups is 1. The molecule has 0 bridgehead atoms. The molecule has 1 aromatic carbocycles. The number of anilines is 1. The van der Waals surface area contributed by atoms with E-state index < -0.39 is 0 Å². The van der Waals surface area contributed by atoms with Crippen LogP contribution < -0.4 is 10.6 Å². The quantitative estimate of drug-likeness (QED) is 0.722. The highest BCUT2D eigenvalue weighted by Gasteiger charge is 2.21. The Hall–Kier alpha value is -1.87. The third-order valence-electron chi connectivity index (χ3n) is 4.73. The number of rotatable bonds is 5. The molecule has 0 saturated carbocycles. The number of nitriles is 1. The van der Waals surface area contributed by atoms with Gasteiger partial charge in [0.15, 0.2) is 0 Å². The van der Waals surface area contributed by atoms with Crippen molar-refractivity contribution < 1.29 is 4.79 Å². The highest BCUT2D eigenvalue weighted by molar-refractivity contribution is 7.16. The minimum absolute atomic E-state index is 0.0371. The Morgan fingerprint density at radius 1 is 1.31 bits per heavy atom. The molecular formula is C20H22ClN3OS. The van der Waals surface area contributed by atoms with Gasteiger partial charge in [-0.3, -0.25) is 4.79 Å². The van der Waals surface area contributed by atoms with Crippen LogP contribution in [0.15, 0.2) is 24.3 Å². The van der Waals surface area contributed by atoms with Gasteiger partial charge in [-0.15, -0.1) is 11.3 Å². The van der Waals surface area contributed by atoms with E-state index in [4.69, 9.17) is 11.6 Å². The molecule has 0 fully saturated rings. The van der Waals surface area contributed by atoms with Crippen molar-refractivity contribution in [3.63, 3.8) is 0 Å². The number of benzene rings is 1. The van der Waals surface area contributed by atoms with Gasteiger partial charge in [0.2, 0.25) is 5.91 Å². The van der Waals surface area contributed by atoms with Gasteiger partial charge >= 0.3 is 0 Å². The van der Waals surface area contributed by atoms with E-state index in [0.717, 1.165) is 36.8 Å². The van der Waals surface area contributed by atoms with Crippen LogP contribution in [0.4, 0.5) is 5.00 Å². The number of halogens is 1. The van der Waals surface area contributed by atoms with Gasteiger partial charge in [0, 0.05) is 15.9 Å². The third kappa shape index (κ3) is 4.27. The normalized spacial score (nSPS) is 14.8. The lowest BCUT2D eigenvalue weighted by molar-refractivity contribution is -0.115. The van der Waals surface area contributed by atoms with Crippen LogP contribution >= 0.6 is 22.9 Å². The van der Waals surface area contributed by atoms with Gasteiger partial charge < -0.3 is 10.6 Å². The van der Waals surface area contributed by atoms with E-state index in [-0.39, 0.29) is 18.5 Å². The van der Waals surface area contributed by atoms with Crippen LogP contribution in [-0.2, 0) is 17.6 Å². The summed E-state index contributed by atoms with van der Waals surface area (Å²) in [5, 5.41) is 17.0. The van der Waals surface area contributed by atoms with Crippen LogP contribution in [0, 0.1) is 11.3 Å². The number of amides is 1. The van der Waals surface area contributed by atoms with Crippen molar-refractivity contribution in [1.29, 1.82) is 5.26 Å². The van der Waals surface area contributed by atoms with E-state index in [1.165, 1.54) is 11.3 Å². The predicted octanol–water partition coefficient (Wildman–Crippen LogP) is 4.83. The van der Waals surface area contributed by atoms with Crippen molar-refractivity contribution >= 4 is 33.8 Å². The Bertz CT molecular complexity index is 840. The van der Waals surface area contributed by atoms with Gasteiger partial charge in [-0.1, -0.05) is 36.2 Å². The van der Waals surface area contributed by atoms with Crippen LogP contribution in [0.2, 0.25) is 5.02 Å². The number of hydrogen-bond acceptors (Lipinski definition) is 4. The maximum absolute atomic E-state index is 12.4. The maximum Gasteiger partial charge on any atom is 0.238 e. The predicted molar refractivity (Wildman–Crippen MR) is 107 cm³/mol. The second-order valence-corrected chi connectivity index (χ2v) is 8.07. The summed E-state index contributed by atoms with van der Waals surface area (Å²) in [5.41, 5.74) is 2.75. The molecular weight excluding hydrogens is 366 g/mol. The molecule has 0 saturated heterocycles. The van der Waals surface area contributed by atoms with E-state index in [2.05, 4.69) is 16.7 Å². The maximum atomic E-state index is 12.4. The molecule has 1 atom stereocenters. The molecule has 1 unspecified atom stereocenters. The molecule has 0 radical (unpaired) electrons. The lowest BCUT2D eigenvalue weighted by Crippen LogP contribution is -2.30. The minimum Gasteiger partial charge on any atom is -0.315 e. The molecule has 6 heteroatoms. The molecule has 1 aliphatic carbocycles. The van der Waals surface area contributed by atoms with Crippen LogP contribution in [0.3, 0.4) is 0 Å². The molecule has 2 aromatic rings. The van der Waals surface area contributed by atoms with Crippen LogP contribution in [0.25, 0.3) is 0 Å². The first-order chi connectivity index (χ1) is 12.6. The first kappa shape index (κ1) is 18.9. The summed E-state index contributed by atoms with van der Waals surface area (Å²) in [5.74, 6) is -0.142. The Morgan fingerprint density at radius 3 is 2.85 bits per heavy atom.